The van der Waals surface area contributed by atoms with Gasteiger partial charge in [0.05, 0.1) is 18.6 Å². The van der Waals surface area contributed by atoms with E-state index in [1.807, 2.05) is 32.0 Å². The molecule has 0 amide bonds. The number of rotatable bonds is 9. The molecule has 2 N–H and O–H groups in total. The molecule has 5 nitrogen and oxygen atoms in total. The van der Waals surface area contributed by atoms with Crippen molar-refractivity contribution in [2.24, 2.45) is 5.41 Å². The Morgan fingerprint density at radius 1 is 1.32 bits per heavy atom. The second-order valence-electron chi connectivity index (χ2n) is 6.27. The predicted molar refractivity (Wildman–Crippen MR) is 86.5 cm³/mol. The Bertz CT molecular complexity index is 497. The van der Waals surface area contributed by atoms with Gasteiger partial charge in [-0.3, -0.25) is 4.79 Å². The van der Waals surface area contributed by atoms with E-state index in [-0.39, 0.29) is 6.10 Å². The molecule has 0 aromatic heterocycles. The molecule has 0 aliphatic carbocycles. The van der Waals surface area contributed by atoms with Crippen molar-refractivity contribution >= 4 is 5.97 Å². The van der Waals surface area contributed by atoms with Crippen LogP contribution in [0.5, 0.6) is 11.5 Å². The number of methoxy groups -OCH3 is 1. The molecule has 0 fully saturated rings. The second-order valence-corrected chi connectivity index (χ2v) is 6.27. The van der Waals surface area contributed by atoms with Crippen molar-refractivity contribution in [3.63, 3.8) is 0 Å². The highest BCUT2D eigenvalue weighted by molar-refractivity contribution is 5.73. The number of benzene rings is 1. The van der Waals surface area contributed by atoms with E-state index in [1.54, 1.807) is 21.0 Å². The molecule has 1 aromatic carbocycles. The number of carbonyl (C=O) groups is 1. The van der Waals surface area contributed by atoms with Crippen LogP contribution in [0.15, 0.2) is 18.2 Å². The molecular formula is C17H27NO4. The molecule has 0 aliphatic rings. The molecule has 0 bridgehead atoms. The van der Waals surface area contributed by atoms with Crippen molar-refractivity contribution in [2.45, 2.75) is 46.8 Å². The molecule has 0 saturated heterocycles. The Kier molecular flexibility index (Phi) is 6.68. The van der Waals surface area contributed by atoms with Gasteiger partial charge in [0, 0.05) is 6.54 Å². The third kappa shape index (κ3) is 5.56. The predicted octanol–water partition coefficient (Wildman–Crippen LogP) is 3.07. The quantitative estimate of drug-likeness (QED) is 0.686. The Morgan fingerprint density at radius 3 is 2.55 bits per heavy atom. The molecule has 0 unspecified atom stereocenters. The molecular weight excluding hydrogens is 282 g/mol. The highest BCUT2D eigenvalue weighted by atomic mass is 16.5. The molecule has 5 heteroatoms. The molecule has 0 radical (unpaired) electrons. The zero-order chi connectivity index (χ0) is 16.8. The van der Waals surface area contributed by atoms with Crippen molar-refractivity contribution in [1.29, 1.82) is 0 Å². The molecule has 0 spiro atoms. The van der Waals surface area contributed by atoms with Gasteiger partial charge in [-0.05, 0) is 58.4 Å². The van der Waals surface area contributed by atoms with Gasteiger partial charge < -0.3 is 19.9 Å². The van der Waals surface area contributed by atoms with E-state index in [0.29, 0.717) is 25.3 Å². The number of aliphatic carboxylic acids is 1. The van der Waals surface area contributed by atoms with E-state index < -0.39 is 11.4 Å². The van der Waals surface area contributed by atoms with Crippen molar-refractivity contribution in [2.75, 3.05) is 13.7 Å². The molecule has 22 heavy (non-hydrogen) atoms. The van der Waals surface area contributed by atoms with Crippen molar-refractivity contribution in [3.8, 4) is 11.5 Å². The zero-order valence-electron chi connectivity index (χ0n) is 14.1. The van der Waals surface area contributed by atoms with E-state index in [9.17, 15) is 4.79 Å². The van der Waals surface area contributed by atoms with E-state index >= 15 is 0 Å². The Balaban J connectivity index is 2.55. The summed E-state index contributed by atoms with van der Waals surface area (Å²) >= 11 is 0. The lowest BCUT2D eigenvalue weighted by atomic mass is 9.90. The standard InChI is InChI=1S/C17H27NO4/c1-12(2)22-14-7-6-13(10-15(14)21-5)11-18-9-8-17(3,4)16(19)20/h6-7,10,12,18H,8-9,11H2,1-5H3,(H,19,20). The van der Waals surface area contributed by atoms with Crippen LogP contribution in [0.1, 0.15) is 39.7 Å². The highest BCUT2D eigenvalue weighted by Gasteiger charge is 2.26. The Hall–Kier alpha value is -1.75. The maximum absolute atomic E-state index is 11.0. The monoisotopic (exact) mass is 309 g/mol. The Morgan fingerprint density at radius 2 is 2.00 bits per heavy atom. The number of carboxylic acid groups (broad SMARTS) is 1. The minimum Gasteiger partial charge on any atom is -0.493 e. The van der Waals surface area contributed by atoms with Gasteiger partial charge in [-0.2, -0.15) is 0 Å². The van der Waals surface area contributed by atoms with Crippen LogP contribution in [0.2, 0.25) is 0 Å². The minimum absolute atomic E-state index is 0.0936. The summed E-state index contributed by atoms with van der Waals surface area (Å²) in [5.41, 5.74) is 0.362. The van der Waals surface area contributed by atoms with Gasteiger partial charge in [0.2, 0.25) is 0 Å². The summed E-state index contributed by atoms with van der Waals surface area (Å²) in [6, 6.07) is 5.82. The van der Waals surface area contributed by atoms with Crippen LogP contribution in [0.4, 0.5) is 0 Å². The summed E-state index contributed by atoms with van der Waals surface area (Å²) < 4.78 is 11.0. The summed E-state index contributed by atoms with van der Waals surface area (Å²) in [6.45, 7) is 8.72. The van der Waals surface area contributed by atoms with Crippen LogP contribution in [0.3, 0.4) is 0 Å². The molecule has 124 valence electrons. The second kappa shape index (κ2) is 8.03. The van der Waals surface area contributed by atoms with Gasteiger partial charge in [-0.15, -0.1) is 0 Å². The van der Waals surface area contributed by atoms with Crippen LogP contribution < -0.4 is 14.8 Å². The molecule has 0 atom stereocenters. The summed E-state index contributed by atoms with van der Waals surface area (Å²) in [5.74, 6) is 0.665. The Labute approximate surface area is 132 Å². The third-order valence-corrected chi connectivity index (χ3v) is 3.43. The summed E-state index contributed by atoms with van der Waals surface area (Å²) in [4.78, 5) is 11.0. The maximum Gasteiger partial charge on any atom is 0.309 e. The number of nitrogens with one attached hydrogen (secondary N) is 1. The van der Waals surface area contributed by atoms with Gasteiger partial charge in [-0.1, -0.05) is 6.07 Å². The molecule has 0 heterocycles. The van der Waals surface area contributed by atoms with Gasteiger partial charge in [-0.25, -0.2) is 0 Å². The topological polar surface area (TPSA) is 67.8 Å². The van der Waals surface area contributed by atoms with E-state index in [4.69, 9.17) is 14.6 Å². The lowest BCUT2D eigenvalue weighted by Gasteiger charge is -2.19. The molecule has 1 aromatic rings. The summed E-state index contributed by atoms with van der Waals surface area (Å²) in [7, 11) is 1.62. The van der Waals surface area contributed by atoms with Gasteiger partial charge in [0.1, 0.15) is 0 Å². The lowest BCUT2D eigenvalue weighted by molar-refractivity contribution is -0.147. The first-order valence-electron chi connectivity index (χ1n) is 7.54. The first-order valence-corrected chi connectivity index (χ1v) is 7.54. The summed E-state index contributed by atoms with van der Waals surface area (Å²) in [6.07, 6.45) is 0.671. The van der Waals surface area contributed by atoms with Crippen LogP contribution in [-0.4, -0.2) is 30.8 Å². The number of hydrogen-bond acceptors (Lipinski definition) is 4. The molecule has 0 saturated carbocycles. The van der Waals surface area contributed by atoms with Crippen LogP contribution in [0.25, 0.3) is 0 Å². The SMILES string of the molecule is COc1cc(CNCCC(C)(C)C(=O)O)ccc1OC(C)C. The van der Waals surface area contributed by atoms with Crippen LogP contribution in [0, 0.1) is 5.41 Å². The normalized spacial score (nSPS) is 11.5. The van der Waals surface area contributed by atoms with Crippen LogP contribution in [-0.2, 0) is 11.3 Å². The highest BCUT2D eigenvalue weighted by Crippen LogP contribution is 2.29. The minimum atomic E-state index is -0.772. The summed E-state index contributed by atoms with van der Waals surface area (Å²) in [5, 5.41) is 12.3. The van der Waals surface area contributed by atoms with Crippen molar-refractivity contribution < 1.29 is 19.4 Å². The van der Waals surface area contributed by atoms with Crippen molar-refractivity contribution in [1.82, 2.24) is 5.32 Å². The van der Waals surface area contributed by atoms with Gasteiger partial charge >= 0.3 is 5.97 Å². The lowest BCUT2D eigenvalue weighted by Crippen LogP contribution is -2.28. The zero-order valence-corrected chi connectivity index (χ0v) is 14.1. The molecule has 1 rings (SSSR count). The first-order chi connectivity index (χ1) is 10.3. The molecule has 0 aliphatic heterocycles. The number of ether oxygens (including phenoxy) is 2. The van der Waals surface area contributed by atoms with E-state index in [1.165, 1.54) is 0 Å². The van der Waals surface area contributed by atoms with E-state index in [0.717, 1.165) is 11.3 Å². The number of carboxylic acids is 1. The van der Waals surface area contributed by atoms with Gasteiger partial charge in [0.25, 0.3) is 0 Å². The van der Waals surface area contributed by atoms with Crippen LogP contribution >= 0.6 is 0 Å². The third-order valence-electron chi connectivity index (χ3n) is 3.43. The largest absolute Gasteiger partial charge is 0.493 e. The smallest absolute Gasteiger partial charge is 0.309 e. The average molecular weight is 309 g/mol. The number of hydrogen-bond donors (Lipinski definition) is 2. The van der Waals surface area contributed by atoms with Gasteiger partial charge in [0.15, 0.2) is 11.5 Å². The maximum atomic E-state index is 11.0. The fourth-order valence-corrected chi connectivity index (χ4v) is 1.91. The first kappa shape index (κ1) is 18.3. The fraction of sp³-hybridized carbons (Fsp3) is 0.588. The fourth-order valence-electron chi connectivity index (χ4n) is 1.91. The van der Waals surface area contributed by atoms with Crippen molar-refractivity contribution in [3.05, 3.63) is 23.8 Å². The van der Waals surface area contributed by atoms with E-state index in [2.05, 4.69) is 5.32 Å². The average Bonchev–Trinajstić information content (AvgIpc) is 2.44.